The van der Waals surface area contributed by atoms with E-state index in [1.54, 1.807) is 13.3 Å². The highest BCUT2D eigenvalue weighted by Gasteiger charge is 1.95. The van der Waals surface area contributed by atoms with Crippen molar-refractivity contribution in [1.82, 2.24) is 10.3 Å². The number of aromatic nitrogens is 1. The molecule has 0 unspecified atom stereocenters. The van der Waals surface area contributed by atoms with Crippen LogP contribution in [0.4, 0.5) is 0 Å². The van der Waals surface area contributed by atoms with Gasteiger partial charge in [0, 0.05) is 31.8 Å². The maximum Gasteiger partial charge on any atom is 0.213 e. The lowest BCUT2D eigenvalue weighted by atomic mass is 10.2. The largest absolute Gasteiger partial charge is 0.481 e. The van der Waals surface area contributed by atoms with Gasteiger partial charge in [-0.2, -0.15) is 0 Å². The van der Waals surface area contributed by atoms with Crippen LogP contribution in [0.15, 0.2) is 18.3 Å². The number of hydrogen-bond donors (Lipinski definition) is 1. The molecule has 0 atom stereocenters. The lowest BCUT2D eigenvalue weighted by molar-refractivity contribution is 0.397. The van der Waals surface area contributed by atoms with Crippen molar-refractivity contribution in [2.45, 2.75) is 13.0 Å². The highest BCUT2D eigenvalue weighted by atomic mass is 16.5. The fourth-order valence-corrected chi connectivity index (χ4v) is 1.07. The summed E-state index contributed by atoms with van der Waals surface area (Å²) in [5.74, 6) is 3.22. The fraction of sp³-hybridized carbons (Fsp3) is 0.364. The molecule has 0 bridgehead atoms. The van der Waals surface area contributed by atoms with E-state index in [-0.39, 0.29) is 0 Å². The Morgan fingerprint density at radius 2 is 2.50 bits per heavy atom. The van der Waals surface area contributed by atoms with E-state index < -0.39 is 0 Å². The zero-order chi connectivity index (χ0) is 10.2. The highest BCUT2D eigenvalue weighted by Crippen LogP contribution is 2.07. The van der Waals surface area contributed by atoms with E-state index in [2.05, 4.69) is 16.2 Å². The molecule has 0 aromatic carbocycles. The van der Waals surface area contributed by atoms with Gasteiger partial charge in [0.2, 0.25) is 5.88 Å². The van der Waals surface area contributed by atoms with Gasteiger partial charge in [-0.05, 0) is 11.6 Å². The van der Waals surface area contributed by atoms with Gasteiger partial charge in [0.05, 0.1) is 7.11 Å². The minimum atomic E-state index is 0.640. The fourth-order valence-electron chi connectivity index (χ4n) is 1.07. The van der Waals surface area contributed by atoms with E-state index in [1.807, 2.05) is 12.1 Å². The van der Waals surface area contributed by atoms with Crippen molar-refractivity contribution in [2.24, 2.45) is 0 Å². The van der Waals surface area contributed by atoms with E-state index >= 15 is 0 Å². The normalized spacial score (nSPS) is 9.43. The number of methoxy groups -OCH3 is 1. The predicted octanol–water partition coefficient (Wildman–Crippen LogP) is 1.20. The van der Waals surface area contributed by atoms with Crippen LogP contribution in [0.3, 0.4) is 0 Å². The summed E-state index contributed by atoms with van der Waals surface area (Å²) >= 11 is 0. The molecule has 14 heavy (non-hydrogen) atoms. The van der Waals surface area contributed by atoms with Gasteiger partial charge in [0.1, 0.15) is 0 Å². The summed E-state index contributed by atoms with van der Waals surface area (Å²) in [6.07, 6.45) is 7.62. The number of terminal acetylenes is 1. The third-order valence-corrected chi connectivity index (χ3v) is 1.78. The van der Waals surface area contributed by atoms with Crippen molar-refractivity contribution in [1.29, 1.82) is 0 Å². The Morgan fingerprint density at radius 1 is 1.64 bits per heavy atom. The Kier molecular flexibility index (Phi) is 4.53. The van der Waals surface area contributed by atoms with Crippen LogP contribution in [-0.2, 0) is 6.54 Å². The van der Waals surface area contributed by atoms with Crippen molar-refractivity contribution in [3.8, 4) is 18.2 Å². The summed E-state index contributed by atoms with van der Waals surface area (Å²) in [4.78, 5) is 4.02. The smallest absolute Gasteiger partial charge is 0.213 e. The standard InChI is InChI=1S/C11H14N2O/c1-3-4-6-12-9-10-5-7-13-11(8-10)14-2/h1,5,7-8,12H,4,6,9H2,2H3. The summed E-state index contributed by atoms with van der Waals surface area (Å²) in [5, 5.41) is 3.23. The lowest BCUT2D eigenvalue weighted by Gasteiger charge is -2.04. The van der Waals surface area contributed by atoms with Gasteiger partial charge in [-0.3, -0.25) is 0 Å². The number of nitrogens with zero attached hydrogens (tertiary/aromatic N) is 1. The molecule has 0 aliphatic rings. The minimum absolute atomic E-state index is 0.640. The molecule has 0 saturated heterocycles. The number of rotatable bonds is 5. The van der Waals surface area contributed by atoms with Crippen molar-refractivity contribution in [3.63, 3.8) is 0 Å². The van der Waals surface area contributed by atoms with Crippen LogP contribution in [0.5, 0.6) is 5.88 Å². The summed E-state index contributed by atoms with van der Waals surface area (Å²) in [5.41, 5.74) is 1.15. The molecule has 0 aliphatic heterocycles. The van der Waals surface area contributed by atoms with Gasteiger partial charge in [-0.15, -0.1) is 12.3 Å². The Labute approximate surface area is 84.5 Å². The Balaban J connectivity index is 2.39. The highest BCUT2D eigenvalue weighted by molar-refractivity contribution is 5.20. The topological polar surface area (TPSA) is 34.2 Å². The van der Waals surface area contributed by atoms with Crippen LogP contribution < -0.4 is 10.1 Å². The van der Waals surface area contributed by atoms with Crippen LogP contribution in [0.25, 0.3) is 0 Å². The van der Waals surface area contributed by atoms with Crippen LogP contribution in [-0.4, -0.2) is 18.6 Å². The van der Waals surface area contributed by atoms with Crippen molar-refractivity contribution in [3.05, 3.63) is 23.9 Å². The quantitative estimate of drug-likeness (QED) is 0.559. The monoisotopic (exact) mass is 190 g/mol. The number of hydrogen-bond acceptors (Lipinski definition) is 3. The SMILES string of the molecule is C#CCCNCc1ccnc(OC)c1. The van der Waals surface area contributed by atoms with Crippen LogP contribution >= 0.6 is 0 Å². The van der Waals surface area contributed by atoms with Crippen molar-refractivity contribution in [2.75, 3.05) is 13.7 Å². The molecule has 1 heterocycles. The lowest BCUT2D eigenvalue weighted by Crippen LogP contribution is -2.14. The first-order valence-corrected chi connectivity index (χ1v) is 4.50. The van der Waals surface area contributed by atoms with Gasteiger partial charge in [0.15, 0.2) is 0 Å². The molecule has 1 rings (SSSR count). The summed E-state index contributed by atoms with van der Waals surface area (Å²) < 4.78 is 5.01. The molecule has 0 amide bonds. The van der Waals surface area contributed by atoms with Gasteiger partial charge in [-0.1, -0.05) is 0 Å². The zero-order valence-corrected chi connectivity index (χ0v) is 8.29. The molecular weight excluding hydrogens is 176 g/mol. The molecule has 0 spiro atoms. The molecule has 74 valence electrons. The van der Waals surface area contributed by atoms with Crippen molar-refractivity contribution < 1.29 is 4.74 Å². The molecule has 0 aliphatic carbocycles. The Bertz CT molecular complexity index is 317. The molecule has 1 N–H and O–H groups in total. The number of pyridine rings is 1. The van der Waals surface area contributed by atoms with E-state index in [0.717, 1.165) is 25.1 Å². The molecule has 0 saturated carbocycles. The third kappa shape index (κ3) is 3.46. The average Bonchev–Trinajstić information content (AvgIpc) is 2.25. The van der Waals surface area contributed by atoms with Crippen LogP contribution in [0.2, 0.25) is 0 Å². The maximum atomic E-state index is 5.13. The zero-order valence-electron chi connectivity index (χ0n) is 8.29. The summed E-state index contributed by atoms with van der Waals surface area (Å²) in [6.45, 7) is 1.63. The van der Waals surface area contributed by atoms with Gasteiger partial charge in [0.25, 0.3) is 0 Å². The second kappa shape index (κ2) is 6.01. The average molecular weight is 190 g/mol. The molecule has 1 aromatic heterocycles. The van der Waals surface area contributed by atoms with Crippen molar-refractivity contribution >= 4 is 0 Å². The molecule has 3 nitrogen and oxygen atoms in total. The van der Waals surface area contributed by atoms with E-state index in [0.29, 0.717) is 5.88 Å². The van der Waals surface area contributed by atoms with Gasteiger partial charge in [-0.25, -0.2) is 4.98 Å². The molecule has 1 aromatic rings. The summed E-state index contributed by atoms with van der Waals surface area (Å²) in [6, 6.07) is 3.86. The summed E-state index contributed by atoms with van der Waals surface area (Å²) in [7, 11) is 1.61. The van der Waals surface area contributed by atoms with Gasteiger partial charge >= 0.3 is 0 Å². The molecule has 0 fully saturated rings. The van der Waals surface area contributed by atoms with Gasteiger partial charge < -0.3 is 10.1 Å². The third-order valence-electron chi connectivity index (χ3n) is 1.78. The first-order chi connectivity index (χ1) is 6.86. The predicted molar refractivity (Wildman–Crippen MR) is 55.9 cm³/mol. The molecule has 3 heteroatoms. The molecule has 0 radical (unpaired) electrons. The minimum Gasteiger partial charge on any atom is -0.481 e. The van der Waals surface area contributed by atoms with Crippen LogP contribution in [0.1, 0.15) is 12.0 Å². The maximum absolute atomic E-state index is 5.13. The Hall–Kier alpha value is -1.53. The number of ether oxygens (including phenoxy) is 1. The molecular formula is C11H14N2O. The van der Waals surface area contributed by atoms with E-state index in [9.17, 15) is 0 Å². The second-order valence-electron chi connectivity index (χ2n) is 2.84. The first kappa shape index (κ1) is 10.6. The van der Waals surface area contributed by atoms with E-state index in [1.165, 1.54) is 0 Å². The number of nitrogens with one attached hydrogen (secondary N) is 1. The first-order valence-electron chi connectivity index (χ1n) is 4.50. The Morgan fingerprint density at radius 3 is 3.21 bits per heavy atom. The second-order valence-corrected chi connectivity index (χ2v) is 2.84. The van der Waals surface area contributed by atoms with Crippen LogP contribution in [0, 0.1) is 12.3 Å². The van der Waals surface area contributed by atoms with E-state index in [4.69, 9.17) is 11.2 Å².